The lowest BCUT2D eigenvalue weighted by Gasteiger charge is -2.31. The lowest BCUT2D eigenvalue weighted by molar-refractivity contribution is -0.158. The molecule has 6 nitrogen and oxygen atoms in total. The molecule has 25 heavy (non-hydrogen) atoms. The van der Waals surface area contributed by atoms with Gasteiger partial charge in [-0.1, -0.05) is 18.2 Å². The van der Waals surface area contributed by atoms with Crippen LogP contribution in [0.15, 0.2) is 24.3 Å². The molecule has 0 amide bonds. The summed E-state index contributed by atoms with van der Waals surface area (Å²) in [5, 5.41) is 4.32. The number of para-hydroxylation sites is 1. The zero-order chi connectivity index (χ0) is 18.2. The van der Waals surface area contributed by atoms with E-state index in [4.69, 9.17) is 9.47 Å². The summed E-state index contributed by atoms with van der Waals surface area (Å²) < 4.78 is 10.3. The number of H-pyrrole nitrogens is 1. The minimum absolute atomic E-state index is 0.148. The van der Waals surface area contributed by atoms with Crippen molar-refractivity contribution in [3.8, 4) is 0 Å². The standard InChI is InChI=1S/C19H24N2O4/c1-19(2,3)25-18(23)15-9-12-11-7-5-6-8-13(11)21-17(12)14(20-15)10-16(22)24-4/h5-8,14-15,20-21H,9-10H2,1-4H3/t14-,15-/m0/s1. The van der Waals surface area contributed by atoms with E-state index < -0.39 is 11.6 Å². The lowest BCUT2D eigenvalue weighted by Crippen LogP contribution is -2.47. The molecule has 0 unspecified atom stereocenters. The van der Waals surface area contributed by atoms with Crippen LogP contribution in [-0.4, -0.2) is 35.7 Å². The smallest absolute Gasteiger partial charge is 0.324 e. The second-order valence-corrected chi connectivity index (χ2v) is 7.35. The molecular formula is C19H24N2O4. The van der Waals surface area contributed by atoms with Crippen LogP contribution in [0, 0.1) is 0 Å². The van der Waals surface area contributed by atoms with Crippen LogP contribution < -0.4 is 5.32 Å². The fraction of sp³-hybridized carbons (Fsp3) is 0.474. The molecule has 2 aromatic rings. The van der Waals surface area contributed by atoms with Crippen molar-refractivity contribution in [2.75, 3.05) is 7.11 Å². The number of benzene rings is 1. The molecule has 1 aliphatic heterocycles. The molecule has 134 valence electrons. The molecule has 0 radical (unpaired) electrons. The SMILES string of the molecule is COC(=O)C[C@@H]1N[C@H](C(=O)OC(C)(C)C)Cc2c1[nH]c1ccccc21. The molecule has 2 atom stereocenters. The highest BCUT2D eigenvalue weighted by atomic mass is 16.6. The highest BCUT2D eigenvalue weighted by Gasteiger charge is 2.36. The first kappa shape index (κ1) is 17.5. The topological polar surface area (TPSA) is 80.4 Å². The summed E-state index contributed by atoms with van der Waals surface area (Å²) in [6.07, 6.45) is 0.668. The van der Waals surface area contributed by atoms with Gasteiger partial charge in [0.05, 0.1) is 19.6 Å². The Morgan fingerprint density at radius 3 is 2.64 bits per heavy atom. The summed E-state index contributed by atoms with van der Waals surface area (Å²) in [7, 11) is 1.36. The second kappa shape index (κ2) is 6.52. The Bertz CT molecular complexity index is 803. The number of rotatable bonds is 3. The van der Waals surface area contributed by atoms with Gasteiger partial charge in [0.15, 0.2) is 0 Å². The molecule has 0 aliphatic carbocycles. The normalized spacial score (nSPS) is 20.2. The first-order chi connectivity index (χ1) is 11.8. The van der Waals surface area contributed by atoms with Crippen LogP contribution in [0.4, 0.5) is 0 Å². The monoisotopic (exact) mass is 344 g/mol. The number of carbonyl (C=O) groups is 2. The van der Waals surface area contributed by atoms with Crippen LogP contribution in [0.5, 0.6) is 0 Å². The summed E-state index contributed by atoms with van der Waals surface area (Å²) in [6.45, 7) is 5.53. The van der Waals surface area contributed by atoms with Crippen molar-refractivity contribution in [2.45, 2.75) is 51.3 Å². The third-order valence-corrected chi connectivity index (χ3v) is 4.30. The molecule has 1 aromatic heterocycles. The Kier molecular flexibility index (Phi) is 4.56. The Morgan fingerprint density at radius 2 is 1.96 bits per heavy atom. The first-order valence-corrected chi connectivity index (χ1v) is 8.43. The maximum atomic E-state index is 12.6. The number of nitrogens with one attached hydrogen (secondary N) is 2. The van der Waals surface area contributed by atoms with Gasteiger partial charge in [-0.2, -0.15) is 0 Å². The zero-order valence-electron chi connectivity index (χ0n) is 15.0. The van der Waals surface area contributed by atoms with Crippen molar-refractivity contribution in [3.63, 3.8) is 0 Å². The average Bonchev–Trinajstić information content (AvgIpc) is 2.92. The molecule has 2 N–H and O–H groups in total. The number of aromatic nitrogens is 1. The second-order valence-electron chi connectivity index (χ2n) is 7.35. The molecule has 0 saturated carbocycles. The molecule has 1 aromatic carbocycles. The largest absolute Gasteiger partial charge is 0.469 e. The number of hydrogen-bond acceptors (Lipinski definition) is 5. The van der Waals surface area contributed by atoms with Gasteiger partial charge in [0.25, 0.3) is 0 Å². The number of methoxy groups -OCH3 is 1. The highest BCUT2D eigenvalue weighted by molar-refractivity contribution is 5.87. The Morgan fingerprint density at radius 1 is 1.24 bits per heavy atom. The number of ether oxygens (including phenoxy) is 2. The predicted octanol–water partition coefficient (Wildman–Crippen LogP) is 2.63. The van der Waals surface area contributed by atoms with Gasteiger partial charge in [-0.25, -0.2) is 0 Å². The van der Waals surface area contributed by atoms with Crippen LogP contribution in [0.25, 0.3) is 10.9 Å². The van der Waals surface area contributed by atoms with Crippen molar-refractivity contribution in [1.82, 2.24) is 10.3 Å². The van der Waals surface area contributed by atoms with Crippen molar-refractivity contribution < 1.29 is 19.1 Å². The van der Waals surface area contributed by atoms with E-state index in [-0.39, 0.29) is 24.4 Å². The van der Waals surface area contributed by atoms with Gasteiger partial charge in [-0.05, 0) is 32.4 Å². The quantitative estimate of drug-likeness (QED) is 0.837. The number of esters is 2. The van der Waals surface area contributed by atoms with Crippen LogP contribution >= 0.6 is 0 Å². The summed E-state index contributed by atoms with van der Waals surface area (Å²) in [4.78, 5) is 27.8. The first-order valence-electron chi connectivity index (χ1n) is 8.43. The lowest BCUT2D eigenvalue weighted by atomic mass is 9.92. The maximum absolute atomic E-state index is 12.6. The summed E-state index contributed by atoms with van der Waals surface area (Å²) in [5.41, 5.74) is 2.43. The van der Waals surface area contributed by atoms with Gasteiger partial charge in [0.1, 0.15) is 11.6 Å². The predicted molar refractivity (Wildman–Crippen MR) is 94.1 cm³/mol. The van der Waals surface area contributed by atoms with Gasteiger partial charge < -0.3 is 14.5 Å². The molecule has 1 aliphatic rings. The summed E-state index contributed by atoms with van der Waals surface area (Å²) in [6, 6.07) is 7.12. The minimum Gasteiger partial charge on any atom is -0.469 e. The number of carbonyl (C=O) groups excluding carboxylic acids is 2. The summed E-state index contributed by atoms with van der Waals surface area (Å²) >= 11 is 0. The van der Waals surface area contributed by atoms with Crippen molar-refractivity contribution >= 4 is 22.8 Å². The molecule has 6 heteroatoms. The Labute approximate surface area is 146 Å². The van der Waals surface area contributed by atoms with E-state index in [9.17, 15) is 9.59 Å². The molecular weight excluding hydrogens is 320 g/mol. The van der Waals surface area contributed by atoms with Crippen LogP contribution in [0.3, 0.4) is 0 Å². The van der Waals surface area contributed by atoms with Gasteiger partial charge in [-0.15, -0.1) is 0 Å². The van der Waals surface area contributed by atoms with E-state index in [1.165, 1.54) is 7.11 Å². The number of aromatic amines is 1. The van der Waals surface area contributed by atoms with Gasteiger partial charge in [-0.3, -0.25) is 14.9 Å². The number of fused-ring (bicyclic) bond motifs is 3. The van der Waals surface area contributed by atoms with Crippen LogP contribution in [0.2, 0.25) is 0 Å². The third-order valence-electron chi connectivity index (χ3n) is 4.30. The van der Waals surface area contributed by atoms with E-state index in [1.807, 2.05) is 45.0 Å². The van der Waals surface area contributed by atoms with Gasteiger partial charge in [0, 0.05) is 23.0 Å². The fourth-order valence-corrected chi connectivity index (χ4v) is 3.26. The molecule has 0 saturated heterocycles. The van der Waals surface area contributed by atoms with Crippen molar-refractivity contribution in [3.05, 3.63) is 35.5 Å². The van der Waals surface area contributed by atoms with E-state index in [1.54, 1.807) is 0 Å². The maximum Gasteiger partial charge on any atom is 0.324 e. The Balaban J connectivity index is 1.96. The highest BCUT2D eigenvalue weighted by Crippen LogP contribution is 2.34. The van der Waals surface area contributed by atoms with E-state index in [2.05, 4.69) is 10.3 Å². The molecule has 0 bridgehead atoms. The van der Waals surface area contributed by atoms with E-state index in [0.717, 1.165) is 22.2 Å². The van der Waals surface area contributed by atoms with Crippen LogP contribution in [0.1, 0.15) is 44.5 Å². The number of hydrogen-bond donors (Lipinski definition) is 2. The van der Waals surface area contributed by atoms with Gasteiger partial charge >= 0.3 is 11.9 Å². The fourth-order valence-electron chi connectivity index (χ4n) is 3.26. The van der Waals surface area contributed by atoms with Crippen molar-refractivity contribution in [1.29, 1.82) is 0 Å². The molecule has 2 heterocycles. The summed E-state index contributed by atoms with van der Waals surface area (Å²) in [5.74, 6) is -0.634. The molecule has 0 spiro atoms. The molecule has 3 rings (SSSR count). The van der Waals surface area contributed by atoms with Crippen molar-refractivity contribution in [2.24, 2.45) is 0 Å². The van der Waals surface area contributed by atoms with Crippen LogP contribution in [-0.2, 0) is 25.5 Å². The van der Waals surface area contributed by atoms with Gasteiger partial charge in [0.2, 0.25) is 0 Å². The van der Waals surface area contributed by atoms with E-state index >= 15 is 0 Å². The van der Waals surface area contributed by atoms with E-state index in [0.29, 0.717) is 6.42 Å². The molecule has 0 fully saturated rings. The third kappa shape index (κ3) is 3.69. The average molecular weight is 344 g/mol. The minimum atomic E-state index is -0.558. The zero-order valence-corrected chi connectivity index (χ0v) is 15.0. The Hall–Kier alpha value is -2.34.